The van der Waals surface area contributed by atoms with E-state index in [1.54, 1.807) is 30.1 Å². The van der Waals surface area contributed by atoms with Crippen LogP contribution in [0.15, 0.2) is 23.1 Å². The quantitative estimate of drug-likeness (QED) is 0.922. The van der Waals surface area contributed by atoms with E-state index in [0.717, 1.165) is 36.9 Å². The number of anilines is 1. The molecule has 1 aliphatic carbocycles. The molecule has 1 aromatic carbocycles. The third-order valence-electron chi connectivity index (χ3n) is 4.87. The second kappa shape index (κ2) is 6.61. The van der Waals surface area contributed by atoms with Crippen molar-refractivity contribution in [3.63, 3.8) is 0 Å². The van der Waals surface area contributed by atoms with Gasteiger partial charge < -0.3 is 4.90 Å². The molecule has 5 nitrogen and oxygen atoms in total. The molecule has 0 unspecified atom stereocenters. The minimum absolute atomic E-state index is 0.00234. The molecule has 0 bridgehead atoms. The lowest BCUT2D eigenvalue weighted by molar-refractivity contribution is -0.117. The topological polar surface area (TPSA) is 66.5 Å². The Labute approximate surface area is 138 Å². The molecule has 2 aliphatic rings. The molecule has 1 saturated carbocycles. The van der Waals surface area contributed by atoms with Crippen LogP contribution >= 0.6 is 0 Å². The van der Waals surface area contributed by atoms with Gasteiger partial charge in [-0.05, 0) is 36.6 Å². The largest absolute Gasteiger partial charge is 0.315 e. The molecular formula is C17H24N2O3S. The van der Waals surface area contributed by atoms with Crippen LogP contribution in [0.3, 0.4) is 0 Å². The molecule has 126 valence electrons. The number of rotatable bonds is 3. The van der Waals surface area contributed by atoms with Crippen molar-refractivity contribution in [2.75, 3.05) is 11.9 Å². The smallest absolute Gasteiger partial charge is 0.240 e. The zero-order valence-corrected chi connectivity index (χ0v) is 14.4. The van der Waals surface area contributed by atoms with E-state index in [-0.39, 0.29) is 23.3 Å². The Kier molecular flexibility index (Phi) is 4.73. The summed E-state index contributed by atoms with van der Waals surface area (Å²) in [6, 6.07) is 4.99. The molecule has 6 heteroatoms. The van der Waals surface area contributed by atoms with Gasteiger partial charge in [-0.15, -0.1) is 0 Å². The molecule has 0 spiro atoms. The molecule has 23 heavy (non-hydrogen) atoms. The summed E-state index contributed by atoms with van der Waals surface area (Å²) >= 11 is 0. The number of nitrogens with zero attached hydrogens (tertiary/aromatic N) is 1. The SMILES string of the molecule is CN1C(=O)Cc2cc(S(=O)(=O)NC3CCCCCCC3)ccc21. The molecule has 1 aromatic rings. The molecule has 0 saturated heterocycles. The van der Waals surface area contributed by atoms with Gasteiger partial charge in [0.2, 0.25) is 15.9 Å². The summed E-state index contributed by atoms with van der Waals surface area (Å²) in [5.74, 6) is 0.00234. The van der Waals surface area contributed by atoms with Crippen molar-refractivity contribution in [3.8, 4) is 0 Å². The average molecular weight is 336 g/mol. The van der Waals surface area contributed by atoms with Crippen LogP contribution in [0.2, 0.25) is 0 Å². The molecule has 0 atom stereocenters. The third kappa shape index (κ3) is 3.58. The van der Waals surface area contributed by atoms with Crippen molar-refractivity contribution in [2.24, 2.45) is 0 Å². The minimum atomic E-state index is -3.52. The summed E-state index contributed by atoms with van der Waals surface area (Å²) < 4.78 is 28.2. The molecule has 1 aliphatic heterocycles. The van der Waals surface area contributed by atoms with Crippen molar-refractivity contribution < 1.29 is 13.2 Å². The van der Waals surface area contributed by atoms with Crippen molar-refractivity contribution in [1.82, 2.24) is 4.72 Å². The van der Waals surface area contributed by atoms with Crippen LogP contribution in [0.4, 0.5) is 5.69 Å². The molecule has 0 radical (unpaired) electrons. The van der Waals surface area contributed by atoms with Crippen LogP contribution in [0.5, 0.6) is 0 Å². The third-order valence-corrected chi connectivity index (χ3v) is 6.38. The highest BCUT2D eigenvalue weighted by atomic mass is 32.2. The summed E-state index contributed by atoms with van der Waals surface area (Å²) in [5.41, 5.74) is 1.60. The number of fused-ring (bicyclic) bond motifs is 1. The van der Waals surface area contributed by atoms with Gasteiger partial charge in [-0.25, -0.2) is 13.1 Å². The number of carbonyl (C=O) groups excluding carboxylic acids is 1. The van der Waals surface area contributed by atoms with Crippen LogP contribution in [-0.2, 0) is 21.2 Å². The molecular weight excluding hydrogens is 312 g/mol. The first-order valence-corrected chi connectivity index (χ1v) is 9.87. The Bertz CT molecular complexity index is 692. The Balaban J connectivity index is 1.77. The van der Waals surface area contributed by atoms with Crippen LogP contribution < -0.4 is 9.62 Å². The predicted octanol–water partition coefficient (Wildman–Crippen LogP) is 2.60. The zero-order valence-electron chi connectivity index (χ0n) is 13.5. The first kappa shape index (κ1) is 16.5. The number of benzene rings is 1. The molecule has 3 rings (SSSR count). The van der Waals surface area contributed by atoms with E-state index in [9.17, 15) is 13.2 Å². The van der Waals surface area contributed by atoms with Crippen molar-refractivity contribution >= 4 is 21.6 Å². The maximum absolute atomic E-state index is 12.7. The Hall–Kier alpha value is -1.40. The normalized spacial score (nSPS) is 20.2. The van der Waals surface area contributed by atoms with E-state index in [2.05, 4.69) is 4.72 Å². The lowest BCUT2D eigenvalue weighted by Crippen LogP contribution is -2.35. The molecule has 1 fully saturated rings. The summed E-state index contributed by atoms with van der Waals surface area (Å²) in [7, 11) is -1.81. The van der Waals surface area contributed by atoms with Gasteiger partial charge in [-0.1, -0.05) is 32.1 Å². The fourth-order valence-electron chi connectivity index (χ4n) is 3.48. The van der Waals surface area contributed by atoms with Crippen LogP contribution in [-0.4, -0.2) is 27.4 Å². The lowest BCUT2D eigenvalue weighted by atomic mass is 9.97. The Morgan fingerprint density at radius 2 is 1.74 bits per heavy atom. The van der Waals surface area contributed by atoms with Gasteiger partial charge in [-0.3, -0.25) is 4.79 Å². The van der Waals surface area contributed by atoms with E-state index in [0.29, 0.717) is 0 Å². The highest BCUT2D eigenvalue weighted by Crippen LogP contribution is 2.30. The number of carbonyl (C=O) groups is 1. The van der Waals surface area contributed by atoms with Gasteiger partial charge in [-0.2, -0.15) is 0 Å². The summed E-state index contributed by atoms with van der Waals surface area (Å²) in [6.07, 6.45) is 7.88. The van der Waals surface area contributed by atoms with E-state index in [1.165, 1.54) is 19.3 Å². The number of likely N-dealkylation sites (N-methyl/N-ethyl adjacent to an activating group) is 1. The number of sulfonamides is 1. The van der Waals surface area contributed by atoms with Crippen LogP contribution in [0, 0.1) is 0 Å². The van der Waals surface area contributed by atoms with Gasteiger partial charge in [0.15, 0.2) is 0 Å². The second-order valence-corrected chi connectivity index (χ2v) is 8.30. The maximum atomic E-state index is 12.7. The molecule has 1 amide bonds. The first-order chi connectivity index (χ1) is 11.0. The Morgan fingerprint density at radius 3 is 2.43 bits per heavy atom. The summed E-state index contributed by atoms with van der Waals surface area (Å²) in [4.78, 5) is 13.6. The average Bonchev–Trinajstić information content (AvgIpc) is 2.76. The zero-order chi connectivity index (χ0) is 16.4. The number of hydrogen-bond acceptors (Lipinski definition) is 3. The molecule has 1 heterocycles. The van der Waals surface area contributed by atoms with Gasteiger partial charge in [0, 0.05) is 18.8 Å². The highest BCUT2D eigenvalue weighted by Gasteiger charge is 2.27. The summed E-state index contributed by atoms with van der Waals surface area (Å²) in [6.45, 7) is 0. The Morgan fingerprint density at radius 1 is 1.09 bits per heavy atom. The number of amides is 1. The standard InChI is InChI=1S/C17H24N2O3S/c1-19-16-10-9-15(11-13(16)12-17(19)20)23(21,22)18-14-7-5-3-2-4-6-8-14/h9-11,14,18H,2-8,12H2,1H3. The van der Waals surface area contributed by atoms with E-state index >= 15 is 0 Å². The lowest BCUT2D eigenvalue weighted by Gasteiger charge is -2.21. The monoisotopic (exact) mass is 336 g/mol. The van der Waals surface area contributed by atoms with E-state index < -0.39 is 10.0 Å². The first-order valence-electron chi connectivity index (χ1n) is 8.39. The van der Waals surface area contributed by atoms with Gasteiger partial charge in [0.25, 0.3) is 0 Å². The summed E-state index contributed by atoms with van der Waals surface area (Å²) in [5, 5.41) is 0. The van der Waals surface area contributed by atoms with E-state index in [1.807, 2.05) is 0 Å². The fraction of sp³-hybridized carbons (Fsp3) is 0.588. The number of hydrogen-bond donors (Lipinski definition) is 1. The van der Waals surface area contributed by atoms with Crippen molar-refractivity contribution in [2.45, 2.75) is 62.3 Å². The second-order valence-electron chi connectivity index (χ2n) is 6.58. The van der Waals surface area contributed by atoms with Crippen molar-refractivity contribution in [1.29, 1.82) is 0 Å². The van der Waals surface area contributed by atoms with Gasteiger partial charge in [0.05, 0.1) is 11.3 Å². The number of nitrogens with one attached hydrogen (secondary N) is 1. The maximum Gasteiger partial charge on any atom is 0.240 e. The molecule has 0 aromatic heterocycles. The van der Waals surface area contributed by atoms with Gasteiger partial charge in [0.1, 0.15) is 0 Å². The van der Waals surface area contributed by atoms with Crippen molar-refractivity contribution in [3.05, 3.63) is 23.8 Å². The minimum Gasteiger partial charge on any atom is -0.315 e. The molecule has 1 N–H and O–H groups in total. The fourth-order valence-corrected chi connectivity index (χ4v) is 4.83. The predicted molar refractivity (Wildman–Crippen MR) is 90.0 cm³/mol. The van der Waals surface area contributed by atoms with Crippen LogP contribution in [0.25, 0.3) is 0 Å². The highest BCUT2D eigenvalue weighted by molar-refractivity contribution is 7.89. The van der Waals surface area contributed by atoms with E-state index in [4.69, 9.17) is 0 Å². The van der Waals surface area contributed by atoms with Crippen LogP contribution in [0.1, 0.15) is 50.5 Å². The van der Waals surface area contributed by atoms with Gasteiger partial charge >= 0.3 is 0 Å².